The summed E-state index contributed by atoms with van der Waals surface area (Å²) >= 11 is 0. The maximum absolute atomic E-state index is 6.35. The van der Waals surface area contributed by atoms with Crippen molar-refractivity contribution in [3.05, 3.63) is 246 Å². The maximum atomic E-state index is 6.35. The van der Waals surface area contributed by atoms with Crippen molar-refractivity contribution in [2.75, 3.05) is 4.90 Å². The second kappa shape index (κ2) is 14.9. The fraction of sp³-hybridized carbons (Fsp3) is 0.130. The van der Waals surface area contributed by atoms with Gasteiger partial charge in [0.25, 0.3) is 0 Å². The van der Waals surface area contributed by atoms with Gasteiger partial charge >= 0.3 is 0 Å². The van der Waals surface area contributed by atoms with Crippen molar-refractivity contribution in [3.8, 4) is 66.8 Å². The molecule has 0 radical (unpaired) electrons. The quantitative estimate of drug-likeness (QED) is 0.165. The van der Waals surface area contributed by atoms with E-state index in [1.165, 1.54) is 94.6 Å². The van der Waals surface area contributed by atoms with Gasteiger partial charge in [-0.1, -0.05) is 181 Å². The fourth-order valence-corrected chi connectivity index (χ4v) is 12.7. The van der Waals surface area contributed by atoms with Crippen LogP contribution < -0.4 is 4.90 Å². The second-order valence-electron chi connectivity index (χ2n) is 21.7. The number of hydrogen-bond donors (Lipinski definition) is 0. The highest BCUT2D eigenvalue weighted by Gasteiger charge is 2.40. The Morgan fingerprint density at radius 3 is 1.03 bits per heavy atom. The number of hydrogen-bond acceptors (Lipinski definition) is 2. The minimum absolute atomic E-state index is 0.205. The average Bonchev–Trinajstić information content (AvgIpc) is 4.04. The van der Waals surface area contributed by atoms with Gasteiger partial charge in [-0.15, -0.1) is 0 Å². The van der Waals surface area contributed by atoms with E-state index in [2.05, 4.69) is 253 Å². The number of furan rings is 1. The van der Waals surface area contributed by atoms with E-state index in [9.17, 15) is 0 Å². The molecule has 0 N–H and O–H groups in total. The van der Waals surface area contributed by atoms with E-state index in [0.717, 1.165) is 44.6 Å². The van der Waals surface area contributed by atoms with Gasteiger partial charge in [-0.25, -0.2) is 0 Å². The molecule has 0 fully saturated rings. The Hall–Kier alpha value is -8.20. The molecule has 0 spiro atoms. The first-order valence-corrected chi connectivity index (χ1v) is 25.1. The molecule has 0 amide bonds. The third kappa shape index (κ3) is 6.13. The van der Waals surface area contributed by atoms with Gasteiger partial charge in [0.15, 0.2) is 0 Å². The first kappa shape index (κ1) is 41.7. The summed E-state index contributed by atoms with van der Waals surface area (Å²) in [5, 5.41) is 2.30. The highest BCUT2D eigenvalue weighted by molar-refractivity contribution is 6.06. The molecule has 0 saturated heterocycles. The van der Waals surface area contributed by atoms with E-state index in [4.69, 9.17) is 4.42 Å². The molecule has 0 aliphatic heterocycles. The lowest BCUT2D eigenvalue weighted by Crippen LogP contribution is -2.19. The van der Waals surface area contributed by atoms with Crippen LogP contribution >= 0.6 is 0 Å². The molecule has 3 aliphatic rings. The van der Waals surface area contributed by atoms with Crippen LogP contribution in [0.4, 0.5) is 17.1 Å². The third-order valence-corrected chi connectivity index (χ3v) is 16.7. The summed E-state index contributed by atoms with van der Waals surface area (Å²) in [6.07, 6.45) is 0. The van der Waals surface area contributed by atoms with E-state index in [1.54, 1.807) is 0 Å². The molecular formula is C69H53NO. The van der Waals surface area contributed by atoms with Crippen LogP contribution in [0.3, 0.4) is 0 Å². The topological polar surface area (TPSA) is 16.4 Å². The third-order valence-electron chi connectivity index (χ3n) is 16.7. The predicted molar refractivity (Wildman–Crippen MR) is 297 cm³/mol. The van der Waals surface area contributed by atoms with Crippen molar-refractivity contribution < 1.29 is 4.42 Å². The van der Waals surface area contributed by atoms with E-state index in [0.29, 0.717) is 0 Å². The van der Waals surface area contributed by atoms with Crippen LogP contribution in [0.5, 0.6) is 0 Å². The van der Waals surface area contributed by atoms with Crippen LogP contribution in [0, 0.1) is 0 Å². The van der Waals surface area contributed by atoms with Gasteiger partial charge in [-0.05, 0) is 173 Å². The minimum Gasteiger partial charge on any atom is -0.456 e. The standard InChI is InChI=1S/C69H53NO/c1-67(2)59-35-44(42-15-9-7-10-16-42)21-28-51(59)54-32-25-48(39-62(54)67)70(49-26-33-55-52-29-22-45(43-17-11-8-12-18-43)36-60(52)68(3,4)63(55)40-49)50-27-34-56-53-30-23-46(37-61(53)69(5,6)64(56)41-50)47-24-31-58-57-19-13-14-20-65(57)71-66(58)38-47/h7-41H,1-6H3. The van der Waals surface area contributed by atoms with Gasteiger partial charge in [-0.3, -0.25) is 0 Å². The zero-order chi connectivity index (χ0) is 48.0. The van der Waals surface area contributed by atoms with E-state index in [1.807, 2.05) is 6.07 Å². The summed E-state index contributed by atoms with van der Waals surface area (Å²) < 4.78 is 6.35. The summed E-state index contributed by atoms with van der Waals surface area (Å²) in [5.74, 6) is 0. The van der Waals surface area contributed by atoms with E-state index in [-0.39, 0.29) is 16.2 Å². The monoisotopic (exact) mass is 911 g/mol. The first-order valence-electron chi connectivity index (χ1n) is 25.1. The lowest BCUT2D eigenvalue weighted by Gasteiger charge is -2.31. The van der Waals surface area contributed by atoms with Crippen LogP contribution in [-0.2, 0) is 16.2 Å². The lowest BCUT2D eigenvalue weighted by atomic mass is 9.81. The number of nitrogens with zero attached hydrogens (tertiary/aromatic N) is 1. The smallest absolute Gasteiger partial charge is 0.136 e. The zero-order valence-electron chi connectivity index (χ0n) is 41.1. The van der Waals surface area contributed by atoms with Crippen LogP contribution in [0.15, 0.2) is 217 Å². The highest BCUT2D eigenvalue weighted by Crippen LogP contribution is 2.56. The van der Waals surface area contributed by atoms with Gasteiger partial charge in [-0.2, -0.15) is 0 Å². The Bertz CT molecular complexity index is 3870. The second-order valence-corrected chi connectivity index (χ2v) is 21.7. The molecule has 0 saturated carbocycles. The normalized spacial score (nSPS) is 15.0. The summed E-state index contributed by atoms with van der Waals surface area (Å²) in [6.45, 7) is 14.4. The summed E-state index contributed by atoms with van der Waals surface area (Å²) in [7, 11) is 0. The molecule has 0 atom stereocenters. The van der Waals surface area contributed by atoms with Crippen molar-refractivity contribution in [2.24, 2.45) is 0 Å². The molecule has 11 aromatic rings. The molecule has 2 nitrogen and oxygen atoms in total. The molecule has 340 valence electrons. The van der Waals surface area contributed by atoms with E-state index < -0.39 is 0 Å². The largest absolute Gasteiger partial charge is 0.456 e. The minimum atomic E-state index is -0.248. The Morgan fingerprint density at radius 2 is 0.592 bits per heavy atom. The van der Waals surface area contributed by atoms with Crippen LogP contribution in [0.2, 0.25) is 0 Å². The molecule has 10 aromatic carbocycles. The van der Waals surface area contributed by atoms with Crippen molar-refractivity contribution in [2.45, 2.75) is 57.8 Å². The van der Waals surface area contributed by atoms with Crippen LogP contribution in [0.1, 0.15) is 74.9 Å². The molecule has 2 heteroatoms. The number of anilines is 3. The van der Waals surface area contributed by atoms with Gasteiger partial charge in [0.1, 0.15) is 11.2 Å². The first-order chi connectivity index (χ1) is 34.4. The van der Waals surface area contributed by atoms with Gasteiger partial charge < -0.3 is 9.32 Å². The molecule has 71 heavy (non-hydrogen) atoms. The van der Waals surface area contributed by atoms with Gasteiger partial charge in [0.2, 0.25) is 0 Å². The van der Waals surface area contributed by atoms with Crippen molar-refractivity contribution in [1.82, 2.24) is 0 Å². The summed E-state index contributed by atoms with van der Waals surface area (Å²) in [5.41, 5.74) is 28.0. The molecule has 0 unspecified atom stereocenters. The Labute approximate surface area is 416 Å². The Morgan fingerprint density at radius 1 is 0.268 bits per heavy atom. The number of benzene rings is 10. The van der Waals surface area contributed by atoms with E-state index >= 15 is 0 Å². The number of fused-ring (bicyclic) bond motifs is 12. The van der Waals surface area contributed by atoms with Crippen molar-refractivity contribution >= 4 is 39.0 Å². The SMILES string of the molecule is CC1(C)c2cc(-c3ccccc3)ccc2-c2ccc(N(c3ccc4c(c3)C(C)(C)c3cc(-c5ccccc5)ccc3-4)c3ccc4c(c3)C(C)(C)c3cc(-c5ccc6c(c5)oc5ccccc56)ccc3-4)cc21. The molecular weight excluding hydrogens is 859 g/mol. The summed E-state index contributed by atoms with van der Waals surface area (Å²) in [6, 6.07) is 79.3. The predicted octanol–water partition coefficient (Wildman–Crippen LogP) is 19.0. The van der Waals surface area contributed by atoms with Crippen molar-refractivity contribution in [1.29, 1.82) is 0 Å². The Kier molecular flexibility index (Phi) is 8.76. The molecule has 1 heterocycles. The number of para-hydroxylation sites is 1. The van der Waals surface area contributed by atoms with Crippen LogP contribution in [0.25, 0.3) is 88.7 Å². The molecule has 3 aliphatic carbocycles. The molecule has 1 aromatic heterocycles. The van der Waals surface area contributed by atoms with Gasteiger partial charge in [0.05, 0.1) is 0 Å². The summed E-state index contributed by atoms with van der Waals surface area (Å²) in [4.78, 5) is 2.52. The van der Waals surface area contributed by atoms with Gasteiger partial charge in [0, 0.05) is 44.1 Å². The van der Waals surface area contributed by atoms with Crippen LogP contribution in [-0.4, -0.2) is 0 Å². The molecule has 0 bridgehead atoms. The Balaban J connectivity index is 0.891. The van der Waals surface area contributed by atoms with Crippen molar-refractivity contribution in [3.63, 3.8) is 0 Å². The fourth-order valence-electron chi connectivity index (χ4n) is 12.7. The lowest BCUT2D eigenvalue weighted by molar-refractivity contribution is 0.659. The number of rotatable bonds is 6. The molecule has 14 rings (SSSR count). The zero-order valence-corrected chi connectivity index (χ0v) is 41.1. The highest BCUT2D eigenvalue weighted by atomic mass is 16.3. The maximum Gasteiger partial charge on any atom is 0.136 e. The average molecular weight is 912 g/mol.